The van der Waals surface area contributed by atoms with E-state index < -0.39 is 0 Å². The van der Waals surface area contributed by atoms with E-state index in [1.54, 1.807) is 0 Å². The molecule has 0 saturated heterocycles. The zero-order valence-electron chi connectivity index (χ0n) is 8.62. The molecular formula is C11H18N2. The Morgan fingerprint density at radius 3 is 2.54 bits per heavy atom. The van der Waals surface area contributed by atoms with E-state index in [2.05, 4.69) is 31.7 Å². The lowest BCUT2D eigenvalue weighted by Crippen LogP contribution is -2.30. The largest absolute Gasteiger partial charge is 0.399 e. The topological polar surface area (TPSA) is 29.3 Å². The first-order chi connectivity index (χ1) is 6.15. The average Bonchev–Trinajstić information content (AvgIpc) is 2.04. The Morgan fingerprint density at radius 2 is 2.08 bits per heavy atom. The van der Waals surface area contributed by atoms with Gasteiger partial charge in [-0.2, -0.15) is 0 Å². The number of anilines is 2. The summed E-state index contributed by atoms with van der Waals surface area (Å²) >= 11 is 0. The third-order valence-corrected chi connectivity index (χ3v) is 2.17. The van der Waals surface area contributed by atoms with Gasteiger partial charge in [0.25, 0.3) is 0 Å². The molecule has 0 radical (unpaired) electrons. The molecule has 2 nitrogen and oxygen atoms in total. The van der Waals surface area contributed by atoms with Gasteiger partial charge < -0.3 is 10.6 Å². The van der Waals surface area contributed by atoms with E-state index in [4.69, 9.17) is 5.73 Å². The molecule has 0 spiro atoms. The minimum atomic E-state index is 0.520. The van der Waals surface area contributed by atoms with Crippen molar-refractivity contribution in [3.8, 4) is 0 Å². The third-order valence-electron chi connectivity index (χ3n) is 2.17. The fourth-order valence-electron chi connectivity index (χ4n) is 1.55. The maximum Gasteiger partial charge on any atom is 0.0389 e. The van der Waals surface area contributed by atoms with Crippen LogP contribution in [0.3, 0.4) is 0 Å². The molecule has 0 aliphatic rings. The predicted molar refractivity (Wildman–Crippen MR) is 59.0 cm³/mol. The van der Waals surface area contributed by atoms with Crippen molar-refractivity contribution in [2.75, 3.05) is 17.2 Å². The molecule has 72 valence electrons. The van der Waals surface area contributed by atoms with Crippen molar-refractivity contribution in [2.45, 2.75) is 26.8 Å². The lowest BCUT2D eigenvalue weighted by Gasteiger charge is -2.27. The van der Waals surface area contributed by atoms with Gasteiger partial charge in [0.15, 0.2) is 0 Å². The van der Waals surface area contributed by atoms with Crippen LogP contribution in [0.4, 0.5) is 11.4 Å². The van der Waals surface area contributed by atoms with Gasteiger partial charge in [0.1, 0.15) is 0 Å². The van der Waals surface area contributed by atoms with E-state index in [0.29, 0.717) is 6.04 Å². The minimum absolute atomic E-state index is 0.520. The van der Waals surface area contributed by atoms with Crippen LogP contribution in [0.1, 0.15) is 20.8 Å². The lowest BCUT2D eigenvalue weighted by molar-refractivity contribution is 0.704. The molecule has 2 heteroatoms. The minimum Gasteiger partial charge on any atom is -0.399 e. The summed E-state index contributed by atoms with van der Waals surface area (Å²) in [4.78, 5) is 2.32. The summed E-state index contributed by atoms with van der Waals surface area (Å²) in [6.07, 6.45) is 0. The molecule has 0 atom stereocenters. The highest BCUT2D eigenvalue weighted by Crippen LogP contribution is 2.19. The van der Waals surface area contributed by atoms with Crippen LogP contribution in [0.15, 0.2) is 24.3 Å². The fourth-order valence-corrected chi connectivity index (χ4v) is 1.55. The molecule has 0 fully saturated rings. The highest BCUT2D eigenvalue weighted by atomic mass is 15.1. The first-order valence-corrected chi connectivity index (χ1v) is 4.77. The molecule has 0 aliphatic heterocycles. The molecule has 1 rings (SSSR count). The van der Waals surface area contributed by atoms with Gasteiger partial charge >= 0.3 is 0 Å². The standard InChI is InChI=1S/C11H18N2/c1-4-13(9(2)3)11-7-5-6-10(12)8-11/h5-9H,4,12H2,1-3H3. The quantitative estimate of drug-likeness (QED) is 0.720. The molecule has 0 heterocycles. The van der Waals surface area contributed by atoms with Crippen molar-refractivity contribution in [2.24, 2.45) is 0 Å². The SMILES string of the molecule is CCN(c1cccc(N)c1)C(C)C. The molecule has 1 aromatic carbocycles. The molecule has 1 aromatic rings. The summed E-state index contributed by atoms with van der Waals surface area (Å²) in [6.45, 7) is 7.55. The molecule has 0 unspecified atom stereocenters. The number of hydrogen-bond acceptors (Lipinski definition) is 2. The van der Waals surface area contributed by atoms with Crippen molar-refractivity contribution in [3.05, 3.63) is 24.3 Å². The van der Waals surface area contributed by atoms with Crippen LogP contribution in [-0.2, 0) is 0 Å². The highest BCUT2D eigenvalue weighted by Gasteiger charge is 2.07. The normalized spacial score (nSPS) is 10.5. The molecule has 0 aliphatic carbocycles. The smallest absolute Gasteiger partial charge is 0.0389 e. The van der Waals surface area contributed by atoms with Crippen molar-refractivity contribution in [1.82, 2.24) is 0 Å². The van der Waals surface area contributed by atoms with Gasteiger partial charge in [0, 0.05) is 24.0 Å². The van der Waals surface area contributed by atoms with Gasteiger partial charge in [-0.15, -0.1) is 0 Å². The summed E-state index contributed by atoms with van der Waals surface area (Å²) in [5.41, 5.74) is 7.76. The Kier molecular flexibility index (Phi) is 3.18. The monoisotopic (exact) mass is 178 g/mol. The van der Waals surface area contributed by atoms with Crippen molar-refractivity contribution in [1.29, 1.82) is 0 Å². The predicted octanol–water partition coefficient (Wildman–Crippen LogP) is 2.50. The zero-order chi connectivity index (χ0) is 9.84. The maximum atomic E-state index is 5.72. The summed E-state index contributed by atoms with van der Waals surface area (Å²) in [6, 6.07) is 8.54. The summed E-state index contributed by atoms with van der Waals surface area (Å²) in [5, 5.41) is 0. The van der Waals surface area contributed by atoms with E-state index in [9.17, 15) is 0 Å². The van der Waals surface area contributed by atoms with Crippen LogP contribution in [0.2, 0.25) is 0 Å². The number of nitrogens with two attached hydrogens (primary N) is 1. The lowest BCUT2D eigenvalue weighted by atomic mass is 10.2. The van der Waals surface area contributed by atoms with E-state index in [1.165, 1.54) is 5.69 Å². The third kappa shape index (κ3) is 2.38. The second-order valence-electron chi connectivity index (χ2n) is 3.47. The Hall–Kier alpha value is -1.18. The zero-order valence-corrected chi connectivity index (χ0v) is 8.62. The number of nitrogens with zero attached hydrogens (tertiary/aromatic N) is 1. The number of nitrogen functional groups attached to an aromatic ring is 1. The van der Waals surface area contributed by atoms with Gasteiger partial charge in [-0.1, -0.05) is 6.07 Å². The molecule has 13 heavy (non-hydrogen) atoms. The Labute approximate surface area is 80.4 Å². The molecular weight excluding hydrogens is 160 g/mol. The fraction of sp³-hybridized carbons (Fsp3) is 0.455. The molecule has 0 saturated carbocycles. The van der Waals surface area contributed by atoms with Crippen molar-refractivity contribution >= 4 is 11.4 Å². The van der Waals surface area contributed by atoms with E-state index in [1.807, 2.05) is 18.2 Å². The summed E-state index contributed by atoms with van der Waals surface area (Å²) < 4.78 is 0. The van der Waals surface area contributed by atoms with Gasteiger partial charge in [-0.3, -0.25) is 0 Å². The number of rotatable bonds is 3. The molecule has 0 bridgehead atoms. The van der Waals surface area contributed by atoms with Crippen LogP contribution in [-0.4, -0.2) is 12.6 Å². The van der Waals surface area contributed by atoms with Gasteiger partial charge in [0.2, 0.25) is 0 Å². The number of hydrogen-bond donors (Lipinski definition) is 1. The van der Waals surface area contributed by atoms with Crippen LogP contribution in [0.5, 0.6) is 0 Å². The van der Waals surface area contributed by atoms with Crippen LogP contribution < -0.4 is 10.6 Å². The first kappa shape index (κ1) is 9.90. The molecule has 0 aromatic heterocycles. The second kappa shape index (κ2) is 4.17. The van der Waals surface area contributed by atoms with Crippen molar-refractivity contribution in [3.63, 3.8) is 0 Å². The Morgan fingerprint density at radius 1 is 1.38 bits per heavy atom. The van der Waals surface area contributed by atoms with E-state index in [-0.39, 0.29) is 0 Å². The van der Waals surface area contributed by atoms with E-state index >= 15 is 0 Å². The van der Waals surface area contributed by atoms with Crippen LogP contribution in [0.25, 0.3) is 0 Å². The van der Waals surface area contributed by atoms with Gasteiger partial charge in [0.05, 0.1) is 0 Å². The summed E-state index contributed by atoms with van der Waals surface area (Å²) in [5.74, 6) is 0. The summed E-state index contributed by atoms with van der Waals surface area (Å²) in [7, 11) is 0. The molecule has 2 N–H and O–H groups in total. The van der Waals surface area contributed by atoms with Crippen LogP contribution in [0, 0.1) is 0 Å². The maximum absolute atomic E-state index is 5.72. The van der Waals surface area contributed by atoms with Gasteiger partial charge in [-0.25, -0.2) is 0 Å². The van der Waals surface area contributed by atoms with Gasteiger partial charge in [-0.05, 0) is 39.0 Å². The second-order valence-corrected chi connectivity index (χ2v) is 3.47. The van der Waals surface area contributed by atoms with Crippen LogP contribution >= 0.6 is 0 Å². The first-order valence-electron chi connectivity index (χ1n) is 4.77. The Balaban J connectivity index is 2.91. The number of benzene rings is 1. The van der Waals surface area contributed by atoms with Crippen molar-refractivity contribution < 1.29 is 0 Å². The Bertz CT molecular complexity index is 269. The van der Waals surface area contributed by atoms with E-state index in [0.717, 1.165) is 12.2 Å². The molecule has 0 amide bonds. The average molecular weight is 178 g/mol. The highest BCUT2D eigenvalue weighted by molar-refractivity contribution is 5.56.